The number of hydrogen-bond acceptors (Lipinski definition) is 8. The number of carbonyl (C=O) groups excluding carboxylic acids is 2. The van der Waals surface area contributed by atoms with Crippen molar-refractivity contribution < 1.29 is 28.9 Å². The molecule has 2 aliphatic heterocycles. The maximum atomic E-state index is 12.6. The van der Waals surface area contributed by atoms with E-state index in [1.54, 1.807) is 6.07 Å². The number of esters is 1. The fraction of sp³-hybridized carbons (Fsp3) is 0.429. The van der Waals surface area contributed by atoms with Gasteiger partial charge in [0, 0.05) is 63.4 Å². The highest BCUT2D eigenvalue weighted by Gasteiger charge is 2.39. The summed E-state index contributed by atoms with van der Waals surface area (Å²) in [4.78, 5) is 28.9. The Balaban J connectivity index is 1.30. The van der Waals surface area contributed by atoms with Crippen molar-refractivity contribution in [3.8, 4) is 0 Å². The largest absolute Gasteiger partial charge is 0.453 e. The average Bonchev–Trinajstić information content (AvgIpc) is 3.03. The molecule has 0 radical (unpaired) electrons. The van der Waals surface area contributed by atoms with E-state index in [0.717, 1.165) is 56.0 Å². The molecule has 3 aromatic carbocycles. The van der Waals surface area contributed by atoms with Gasteiger partial charge in [0.1, 0.15) is 0 Å². The number of ether oxygens (including phenoxy) is 3. The lowest BCUT2D eigenvalue weighted by Gasteiger charge is -2.44. The van der Waals surface area contributed by atoms with Gasteiger partial charge in [0.05, 0.1) is 18.8 Å². The molecule has 44 heavy (non-hydrogen) atoms. The minimum absolute atomic E-state index is 0.0133. The van der Waals surface area contributed by atoms with E-state index in [4.69, 9.17) is 14.2 Å². The molecular weight excluding hydrogens is 558 g/mol. The fourth-order valence-corrected chi connectivity index (χ4v) is 5.86. The first-order valence-corrected chi connectivity index (χ1v) is 15.4. The quantitative estimate of drug-likeness (QED) is 0.323. The second-order valence-corrected chi connectivity index (χ2v) is 11.8. The lowest BCUT2D eigenvalue weighted by molar-refractivity contribution is -0.276. The molecule has 2 N–H and O–H groups in total. The third-order valence-electron chi connectivity index (χ3n) is 8.41. The van der Waals surface area contributed by atoms with Gasteiger partial charge in [0.15, 0.2) is 12.4 Å². The molecule has 9 heteroatoms. The van der Waals surface area contributed by atoms with Gasteiger partial charge in [-0.25, -0.2) is 0 Å². The highest BCUT2D eigenvalue weighted by atomic mass is 16.7. The van der Waals surface area contributed by atoms with E-state index in [9.17, 15) is 14.7 Å². The number of amides is 1. The number of piperazine rings is 1. The van der Waals surface area contributed by atoms with Crippen LogP contribution in [0.15, 0.2) is 78.9 Å². The van der Waals surface area contributed by atoms with E-state index in [0.29, 0.717) is 5.69 Å². The van der Waals surface area contributed by atoms with Gasteiger partial charge in [0.25, 0.3) is 5.91 Å². The highest BCUT2D eigenvalue weighted by molar-refractivity contribution is 5.95. The van der Waals surface area contributed by atoms with Crippen molar-refractivity contribution in [1.29, 1.82) is 0 Å². The molecule has 5 rings (SSSR count). The number of rotatable bonds is 10. The molecule has 5 atom stereocenters. The molecule has 1 amide bonds. The van der Waals surface area contributed by atoms with Gasteiger partial charge in [-0.15, -0.1) is 0 Å². The van der Waals surface area contributed by atoms with E-state index < -0.39 is 24.3 Å². The van der Waals surface area contributed by atoms with Crippen molar-refractivity contribution in [2.75, 3.05) is 38.0 Å². The van der Waals surface area contributed by atoms with E-state index in [2.05, 4.69) is 52.4 Å². The number of nitrogens with one attached hydrogen (secondary N) is 1. The van der Waals surface area contributed by atoms with Gasteiger partial charge < -0.3 is 24.6 Å². The Morgan fingerprint density at radius 2 is 1.61 bits per heavy atom. The zero-order valence-corrected chi connectivity index (χ0v) is 25.7. The smallest absolute Gasteiger partial charge is 0.303 e. The van der Waals surface area contributed by atoms with Crippen LogP contribution in [-0.2, 0) is 37.0 Å². The van der Waals surface area contributed by atoms with Gasteiger partial charge in [-0.1, -0.05) is 73.7 Å². The maximum absolute atomic E-state index is 12.6. The molecule has 9 nitrogen and oxygen atoms in total. The Hall–Kier alpha value is -3.60. The standard InChI is InChI=1S/C35H43N3O6/c1-24-32(22-38-18-16-37(17-19-38)21-27-8-5-4-6-9-27)43-35(44-33(24)29-14-12-28(23-39)13-15-29)30-10-7-11-31(20-30)36-34(41)25(2)42-26(3)40/h4-15,20,24-25,32-33,35,39H,16-19,21-23H2,1-3H3,(H,36,41)/t24-,25-,32+,33+,35+/m0/s1. The van der Waals surface area contributed by atoms with Crippen LogP contribution in [0.5, 0.6) is 0 Å². The molecular formula is C35H43N3O6. The van der Waals surface area contributed by atoms with Crippen LogP contribution >= 0.6 is 0 Å². The first kappa shape index (κ1) is 31.8. The van der Waals surface area contributed by atoms with E-state index in [1.165, 1.54) is 19.4 Å². The summed E-state index contributed by atoms with van der Waals surface area (Å²) >= 11 is 0. The van der Waals surface area contributed by atoms with E-state index in [-0.39, 0.29) is 24.7 Å². The molecule has 3 aromatic rings. The van der Waals surface area contributed by atoms with Crippen LogP contribution in [0, 0.1) is 5.92 Å². The van der Waals surface area contributed by atoms with Crippen LogP contribution in [0.3, 0.4) is 0 Å². The lowest BCUT2D eigenvalue weighted by Crippen LogP contribution is -2.51. The monoisotopic (exact) mass is 601 g/mol. The van der Waals surface area contributed by atoms with Crippen LogP contribution in [0.4, 0.5) is 5.69 Å². The summed E-state index contributed by atoms with van der Waals surface area (Å²) in [6, 6.07) is 25.9. The molecule has 2 heterocycles. The minimum atomic E-state index is -0.914. The second-order valence-electron chi connectivity index (χ2n) is 11.8. The minimum Gasteiger partial charge on any atom is -0.453 e. The van der Waals surface area contributed by atoms with Crippen LogP contribution in [0.25, 0.3) is 0 Å². The van der Waals surface area contributed by atoms with Gasteiger partial charge in [-0.2, -0.15) is 0 Å². The molecule has 234 valence electrons. The summed E-state index contributed by atoms with van der Waals surface area (Å²) in [6.07, 6.45) is -1.89. The first-order chi connectivity index (χ1) is 21.3. The molecule has 0 unspecified atom stereocenters. The second kappa shape index (κ2) is 14.9. The van der Waals surface area contributed by atoms with Gasteiger partial charge in [-0.05, 0) is 35.7 Å². The Morgan fingerprint density at radius 1 is 0.909 bits per heavy atom. The molecule has 0 spiro atoms. The zero-order chi connectivity index (χ0) is 31.1. The lowest BCUT2D eigenvalue weighted by atomic mass is 9.90. The van der Waals surface area contributed by atoms with Crippen molar-refractivity contribution in [1.82, 2.24) is 9.80 Å². The number of nitrogens with zero attached hydrogens (tertiary/aromatic N) is 2. The Bertz CT molecular complexity index is 1380. The Labute approximate surface area is 259 Å². The normalized spacial score (nSPS) is 23.5. The predicted octanol–water partition coefficient (Wildman–Crippen LogP) is 4.68. The summed E-state index contributed by atoms with van der Waals surface area (Å²) < 4.78 is 18.3. The Kier molecular flexibility index (Phi) is 10.8. The summed E-state index contributed by atoms with van der Waals surface area (Å²) in [5.74, 6) is -0.857. The van der Waals surface area contributed by atoms with Crippen molar-refractivity contribution in [3.05, 3.63) is 101 Å². The predicted molar refractivity (Wildman–Crippen MR) is 167 cm³/mol. The molecule has 2 fully saturated rings. The number of aliphatic hydroxyl groups excluding tert-OH is 1. The van der Waals surface area contributed by atoms with Crippen molar-refractivity contribution in [3.63, 3.8) is 0 Å². The van der Waals surface area contributed by atoms with Gasteiger partial charge >= 0.3 is 5.97 Å². The summed E-state index contributed by atoms with van der Waals surface area (Å²) in [5.41, 5.74) is 4.55. The van der Waals surface area contributed by atoms with Crippen LogP contribution in [0.2, 0.25) is 0 Å². The zero-order valence-electron chi connectivity index (χ0n) is 25.7. The molecule has 2 saturated heterocycles. The van der Waals surface area contributed by atoms with Gasteiger partial charge in [-0.3, -0.25) is 19.4 Å². The maximum Gasteiger partial charge on any atom is 0.303 e. The van der Waals surface area contributed by atoms with Crippen LogP contribution in [-0.4, -0.2) is 71.7 Å². The summed E-state index contributed by atoms with van der Waals surface area (Å²) in [5, 5.41) is 12.4. The topological polar surface area (TPSA) is 101 Å². The molecule has 2 aliphatic rings. The number of hydrogen-bond donors (Lipinski definition) is 2. The first-order valence-electron chi connectivity index (χ1n) is 15.4. The summed E-state index contributed by atoms with van der Waals surface area (Å²) in [6.45, 7) is 10.6. The molecule has 0 saturated carbocycles. The van der Waals surface area contributed by atoms with Crippen molar-refractivity contribution in [2.45, 2.75) is 58.5 Å². The van der Waals surface area contributed by atoms with Crippen LogP contribution < -0.4 is 5.32 Å². The summed E-state index contributed by atoms with van der Waals surface area (Å²) in [7, 11) is 0. The SMILES string of the molecule is CC(=O)O[C@@H](C)C(=O)Nc1cccc([C@@H]2O[C@H](CN3CCN(Cc4ccccc4)CC3)[C@H](C)[C@H](c3ccc(CO)cc3)O2)c1. The number of carbonyl (C=O) groups is 2. The molecule has 0 bridgehead atoms. The number of anilines is 1. The highest BCUT2D eigenvalue weighted by Crippen LogP contribution is 2.42. The average molecular weight is 602 g/mol. The van der Waals surface area contributed by atoms with E-state index in [1.807, 2.05) is 42.5 Å². The molecule has 0 aromatic heterocycles. The van der Waals surface area contributed by atoms with Gasteiger partial charge in [0.2, 0.25) is 0 Å². The van der Waals surface area contributed by atoms with E-state index >= 15 is 0 Å². The van der Waals surface area contributed by atoms with Crippen molar-refractivity contribution in [2.24, 2.45) is 5.92 Å². The Morgan fingerprint density at radius 3 is 2.30 bits per heavy atom. The molecule has 0 aliphatic carbocycles. The van der Waals surface area contributed by atoms with Crippen LogP contribution in [0.1, 0.15) is 55.4 Å². The number of aliphatic hydroxyl groups is 1. The third-order valence-corrected chi connectivity index (χ3v) is 8.41. The van der Waals surface area contributed by atoms with Crippen molar-refractivity contribution >= 4 is 17.6 Å². The third kappa shape index (κ3) is 8.31. The number of benzene rings is 3. The fourth-order valence-electron chi connectivity index (χ4n) is 5.86.